The molecule has 0 bridgehead atoms. The van der Waals surface area contributed by atoms with Crippen molar-refractivity contribution in [3.63, 3.8) is 0 Å². The van der Waals surface area contributed by atoms with Gasteiger partial charge in [0.15, 0.2) is 0 Å². The van der Waals surface area contributed by atoms with Crippen LogP contribution < -0.4 is 0 Å². The van der Waals surface area contributed by atoms with E-state index in [1.165, 1.54) is 0 Å². The minimum Gasteiger partial charge on any atom is -0.344 e. The van der Waals surface area contributed by atoms with Crippen LogP contribution in [0.25, 0.3) is 0 Å². The minimum atomic E-state index is -0.809. The number of ketones is 1. The molecule has 0 radical (unpaired) electrons. The van der Waals surface area contributed by atoms with E-state index in [0.717, 1.165) is 30.7 Å². The SMILES string of the molecule is O=C1C[C@@H](Sc2ccccc2)C2(OCCO2)C2ON3CCCC[C@H]3[C@H]12. The van der Waals surface area contributed by atoms with Gasteiger partial charge in [0.05, 0.1) is 24.4 Å². The molecule has 0 amide bonds. The number of nitrogens with zero attached hydrogens (tertiary/aromatic N) is 1. The van der Waals surface area contributed by atoms with Crippen LogP contribution in [0.3, 0.4) is 0 Å². The van der Waals surface area contributed by atoms with Crippen molar-refractivity contribution in [2.24, 2.45) is 5.92 Å². The Morgan fingerprint density at radius 1 is 1.12 bits per heavy atom. The van der Waals surface area contributed by atoms with Crippen LogP contribution in [-0.2, 0) is 19.1 Å². The molecule has 3 saturated heterocycles. The van der Waals surface area contributed by atoms with Gasteiger partial charge < -0.3 is 9.47 Å². The number of benzene rings is 1. The number of Topliss-reactive ketones (excluding diaryl/α,β-unsaturated/α-hetero) is 1. The van der Waals surface area contributed by atoms with Crippen LogP contribution in [0.1, 0.15) is 25.7 Å². The van der Waals surface area contributed by atoms with Crippen LogP contribution in [0, 0.1) is 5.92 Å². The highest BCUT2D eigenvalue weighted by atomic mass is 32.2. The molecule has 1 aliphatic carbocycles. The Bertz CT molecular complexity index is 648. The second-order valence-electron chi connectivity index (χ2n) is 7.26. The molecule has 4 aliphatic rings. The van der Waals surface area contributed by atoms with E-state index in [2.05, 4.69) is 12.1 Å². The van der Waals surface area contributed by atoms with E-state index in [1.54, 1.807) is 11.8 Å². The standard InChI is InChI=1S/C19H23NO4S/c21-15-12-16(25-13-6-2-1-3-7-13)19(22-10-11-23-19)18-17(15)14-8-4-5-9-20(14)24-18/h1-3,6-7,14,16-18H,4-5,8-12H2/t14-,16+,17+,18?/m0/s1. The van der Waals surface area contributed by atoms with Crippen molar-refractivity contribution in [3.05, 3.63) is 30.3 Å². The fraction of sp³-hybridized carbons (Fsp3) is 0.632. The Hall–Kier alpha value is -0.920. The summed E-state index contributed by atoms with van der Waals surface area (Å²) in [5.41, 5.74) is 0. The molecule has 134 valence electrons. The average Bonchev–Trinajstić information content (AvgIpc) is 3.27. The zero-order valence-electron chi connectivity index (χ0n) is 14.1. The Morgan fingerprint density at radius 3 is 2.72 bits per heavy atom. The third-order valence-electron chi connectivity index (χ3n) is 5.85. The Kier molecular flexibility index (Phi) is 4.14. The van der Waals surface area contributed by atoms with Crippen molar-refractivity contribution in [1.29, 1.82) is 0 Å². The number of ether oxygens (including phenoxy) is 2. The molecule has 6 heteroatoms. The van der Waals surface area contributed by atoms with Crippen molar-refractivity contribution < 1.29 is 19.1 Å². The maximum absolute atomic E-state index is 13.0. The van der Waals surface area contributed by atoms with Gasteiger partial charge >= 0.3 is 0 Å². The summed E-state index contributed by atoms with van der Waals surface area (Å²) in [5, 5.41) is 1.96. The van der Waals surface area contributed by atoms with Gasteiger partial charge in [-0.15, -0.1) is 11.8 Å². The van der Waals surface area contributed by atoms with E-state index in [9.17, 15) is 4.79 Å². The number of rotatable bonds is 2. The molecule has 3 aliphatic heterocycles. The van der Waals surface area contributed by atoms with Crippen LogP contribution in [0.2, 0.25) is 0 Å². The van der Waals surface area contributed by atoms with Gasteiger partial charge in [-0.05, 0) is 25.0 Å². The van der Waals surface area contributed by atoms with E-state index in [-0.39, 0.29) is 23.3 Å². The second-order valence-corrected chi connectivity index (χ2v) is 8.54. The van der Waals surface area contributed by atoms with Crippen LogP contribution in [-0.4, -0.2) is 53.8 Å². The summed E-state index contributed by atoms with van der Waals surface area (Å²) in [6.45, 7) is 2.03. The van der Waals surface area contributed by atoms with Gasteiger partial charge in [-0.3, -0.25) is 9.63 Å². The van der Waals surface area contributed by atoms with Gasteiger partial charge in [0.1, 0.15) is 11.9 Å². The quantitative estimate of drug-likeness (QED) is 0.807. The van der Waals surface area contributed by atoms with Crippen molar-refractivity contribution in [2.45, 2.75) is 53.8 Å². The molecule has 0 N–H and O–H groups in total. The molecule has 4 atom stereocenters. The van der Waals surface area contributed by atoms with Gasteiger partial charge in [0.2, 0.25) is 5.79 Å². The summed E-state index contributed by atoms with van der Waals surface area (Å²) < 4.78 is 12.4. The molecule has 3 heterocycles. The van der Waals surface area contributed by atoms with Gasteiger partial charge in [0, 0.05) is 23.9 Å². The van der Waals surface area contributed by atoms with Crippen LogP contribution in [0.4, 0.5) is 0 Å². The topological polar surface area (TPSA) is 48.0 Å². The number of piperidine rings is 1. The lowest BCUT2D eigenvalue weighted by molar-refractivity contribution is -0.282. The number of hydrogen-bond donors (Lipinski definition) is 0. The minimum absolute atomic E-state index is 0.0764. The maximum atomic E-state index is 13.0. The number of hydroxylamine groups is 2. The van der Waals surface area contributed by atoms with Crippen molar-refractivity contribution >= 4 is 17.5 Å². The highest BCUT2D eigenvalue weighted by Gasteiger charge is 2.66. The molecular weight excluding hydrogens is 338 g/mol. The molecule has 1 unspecified atom stereocenters. The third-order valence-corrected chi connectivity index (χ3v) is 7.18. The average molecular weight is 361 g/mol. The Balaban J connectivity index is 1.48. The summed E-state index contributed by atoms with van der Waals surface area (Å²) in [6, 6.07) is 10.4. The van der Waals surface area contributed by atoms with Crippen LogP contribution in [0.5, 0.6) is 0 Å². The van der Waals surface area contributed by atoms with Gasteiger partial charge in [-0.2, -0.15) is 5.06 Å². The second kappa shape index (κ2) is 6.35. The first kappa shape index (κ1) is 16.3. The summed E-state index contributed by atoms with van der Waals surface area (Å²) >= 11 is 1.68. The van der Waals surface area contributed by atoms with Gasteiger partial charge in [-0.25, -0.2) is 0 Å². The molecular formula is C19H23NO4S. The normalized spacial score (nSPS) is 37.2. The molecule has 1 aromatic rings. The predicted octanol–water partition coefficient (Wildman–Crippen LogP) is 2.65. The molecule has 5 rings (SSSR count). The summed E-state index contributed by atoms with van der Waals surface area (Å²) in [5.74, 6) is -0.625. The van der Waals surface area contributed by atoms with E-state index in [0.29, 0.717) is 25.4 Å². The van der Waals surface area contributed by atoms with Crippen LogP contribution >= 0.6 is 11.8 Å². The van der Waals surface area contributed by atoms with E-state index >= 15 is 0 Å². The fourth-order valence-corrected chi connectivity index (χ4v) is 6.09. The summed E-state index contributed by atoms with van der Waals surface area (Å²) in [7, 11) is 0. The highest BCUT2D eigenvalue weighted by molar-refractivity contribution is 8.00. The lowest BCUT2D eigenvalue weighted by Crippen LogP contribution is -2.61. The molecule has 1 aromatic carbocycles. The zero-order valence-corrected chi connectivity index (χ0v) is 15.0. The number of fused-ring (bicyclic) bond motifs is 4. The number of hydrogen-bond acceptors (Lipinski definition) is 6. The van der Waals surface area contributed by atoms with Crippen molar-refractivity contribution in [1.82, 2.24) is 5.06 Å². The highest BCUT2D eigenvalue weighted by Crippen LogP contribution is 2.52. The van der Waals surface area contributed by atoms with Gasteiger partial charge in [0.25, 0.3) is 0 Å². The van der Waals surface area contributed by atoms with E-state index < -0.39 is 5.79 Å². The van der Waals surface area contributed by atoms with Crippen molar-refractivity contribution in [2.75, 3.05) is 19.8 Å². The maximum Gasteiger partial charge on any atom is 0.210 e. The number of thioether (sulfide) groups is 1. The van der Waals surface area contributed by atoms with Crippen LogP contribution in [0.15, 0.2) is 35.2 Å². The Labute approximate surface area is 151 Å². The zero-order chi connectivity index (χ0) is 16.9. The summed E-state index contributed by atoms with van der Waals surface area (Å²) in [6.07, 6.45) is 3.48. The third kappa shape index (κ3) is 2.58. The van der Waals surface area contributed by atoms with Crippen molar-refractivity contribution in [3.8, 4) is 0 Å². The first-order chi connectivity index (χ1) is 12.3. The smallest absolute Gasteiger partial charge is 0.210 e. The predicted molar refractivity (Wildman–Crippen MR) is 93.1 cm³/mol. The van der Waals surface area contributed by atoms with E-state index in [1.807, 2.05) is 23.3 Å². The number of carbonyl (C=O) groups is 1. The molecule has 1 spiro atoms. The Morgan fingerprint density at radius 2 is 1.92 bits per heavy atom. The van der Waals surface area contributed by atoms with Gasteiger partial charge in [-0.1, -0.05) is 24.6 Å². The monoisotopic (exact) mass is 361 g/mol. The molecule has 5 nitrogen and oxygen atoms in total. The number of carbonyl (C=O) groups excluding carboxylic acids is 1. The first-order valence-electron chi connectivity index (χ1n) is 9.24. The molecule has 1 saturated carbocycles. The molecule has 4 fully saturated rings. The lowest BCUT2D eigenvalue weighted by Gasteiger charge is -2.44. The molecule has 25 heavy (non-hydrogen) atoms. The first-order valence-corrected chi connectivity index (χ1v) is 10.1. The fourth-order valence-electron chi connectivity index (χ4n) is 4.77. The largest absolute Gasteiger partial charge is 0.344 e. The summed E-state index contributed by atoms with van der Waals surface area (Å²) in [4.78, 5) is 20.5. The molecule has 0 aromatic heterocycles. The lowest BCUT2D eigenvalue weighted by atomic mass is 9.75. The van der Waals surface area contributed by atoms with E-state index in [4.69, 9.17) is 14.3 Å².